The van der Waals surface area contributed by atoms with Crippen LogP contribution in [0.15, 0.2) is 34.9 Å². The number of ether oxygens (including phenoxy) is 1. The van der Waals surface area contributed by atoms with Gasteiger partial charge in [-0.05, 0) is 45.0 Å². The normalized spacial score (nSPS) is 11.6. The van der Waals surface area contributed by atoms with E-state index in [1.54, 1.807) is 51.1 Å². The Kier molecular flexibility index (Phi) is 5.78. The van der Waals surface area contributed by atoms with Gasteiger partial charge in [0.25, 0.3) is 0 Å². The van der Waals surface area contributed by atoms with Gasteiger partial charge < -0.3 is 14.6 Å². The quantitative estimate of drug-likeness (QED) is 0.704. The van der Waals surface area contributed by atoms with E-state index in [1.807, 2.05) is 20.8 Å². The van der Waals surface area contributed by atoms with Crippen molar-refractivity contribution in [1.82, 2.24) is 5.16 Å². The van der Waals surface area contributed by atoms with Gasteiger partial charge in [-0.3, -0.25) is 10.6 Å². The highest BCUT2D eigenvalue weighted by molar-refractivity contribution is 5.99. The van der Waals surface area contributed by atoms with Crippen molar-refractivity contribution in [1.29, 1.82) is 0 Å². The molecule has 27 heavy (non-hydrogen) atoms. The lowest BCUT2D eigenvalue weighted by Crippen LogP contribution is -2.27. The first kappa shape index (κ1) is 20.3. The second-order valence-corrected chi connectivity index (χ2v) is 8.11. The monoisotopic (exact) mass is 374 g/mol. The molecule has 0 aliphatic heterocycles. The molecule has 0 unspecified atom stereocenters. The van der Waals surface area contributed by atoms with Crippen LogP contribution in [0.2, 0.25) is 0 Å². The Morgan fingerprint density at radius 1 is 0.926 bits per heavy atom. The van der Waals surface area contributed by atoms with Crippen LogP contribution in [0, 0.1) is 0 Å². The number of nitrogens with zero attached hydrogens (tertiary/aromatic N) is 1. The molecule has 0 fully saturated rings. The summed E-state index contributed by atoms with van der Waals surface area (Å²) in [5.74, 6) is 1.01. The van der Waals surface area contributed by atoms with Gasteiger partial charge in [-0.15, -0.1) is 0 Å². The third kappa shape index (κ3) is 6.65. The zero-order valence-electron chi connectivity index (χ0n) is 16.5. The molecule has 0 bridgehead atoms. The number of anilines is 3. The highest BCUT2D eigenvalue weighted by Gasteiger charge is 2.20. The second-order valence-electron chi connectivity index (χ2n) is 8.11. The van der Waals surface area contributed by atoms with Gasteiger partial charge in [-0.25, -0.2) is 9.59 Å². The van der Waals surface area contributed by atoms with E-state index in [0.717, 1.165) is 0 Å². The summed E-state index contributed by atoms with van der Waals surface area (Å²) in [6.07, 6.45) is -0.540. The van der Waals surface area contributed by atoms with Crippen LogP contribution < -0.4 is 16.0 Å². The topological polar surface area (TPSA) is 105 Å². The van der Waals surface area contributed by atoms with Crippen molar-refractivity contribution < 1.29 is 18.8 Å². The molecular weight excluding hydrogens is 348 g/mol. The molecule has 0 saturated carbocycles. The number of hydrogen-bond donors (Lipinski definition) is 3. The highest BCUT2D eigenvalue weighted by atomic mass is 16.6. The Labute approximate surface area is 158 Å². The van der Waals surface area contributed by atoms with Gasteiger partial charge in [0.05, 0.1) is 0 Å². The molecule has 8 heteroatoms. The first-order valence-corrected chi connectivity index (χ1v) is 8.58. The maximum Gasteiger partial charge on any atom is 0.412 e. The smallest absolute Gasteiger partial charge is 0.412 e. The summed E-state index contributed by atoms with van der Waals surface area (Å²) >= 11 is 0. The van der Waals surface area contributed by atoms with E-state index in [-0.39, 0.29) is 5.41 Å². The van der Waals surface area contributed by atoms with Crippen molar-refractivity contribution >= 4 is 29.3 Å². The van der Waals surface area contributed by atoms with Gasteiger partial charge in [0.2, 0.25) is 0 Å². The third-order valence-electron chi connectivity index (χ3n) is 3.28. The molecule has 146 valence electrons. The number of urea groups is 1. The summed E-state index contributed by atoms with van der Waals surface area (Å²) in [6.45, 7) is 11.3. The average molecular weight is 374 g/mol. The second kappa shape index (κ2) is 7.69. The molecule has 8 nitrogen and oxygen atoms in total. The van der Waals surface area contributed by atoms with E-state index in [4.69, 9.17) is 9.26 Å². The van der Waals surface area contributed by atoms with E-state index in [2.05, 4.69) is 21.1 Å². The summed E-state index contributed by atoms with van der Waals surface area (Å²) in [6, 6.07) is 7.89. The Morgan fingerprint density at radius 3 is 1.96 bits per heavy atom. The fraction of sp³-hybridized carbons (Fsp3) is 0.421. The maximum absolute atomic E-state index is 12.1. The first-order chi connectivity index (χ1) is 12.4. The largest absolute Gasteiger partial charge is 0.444 e. The van der Waals surface area contributed by atoms with E-state index in [0.29, 0.717) is 23.0 Å². The molecule has 0 saturated heterocycles. The lowest BCUT2D eigenvalue weighted by Gasteiger charge is -2.19. The maximum atomic E-state index is 12.1. The molecule has 1 aromatic heterocycles. The van der Waals surface area contributed by atoms with Crippen molar-refractivity contribution in [3.8, 4) is 0 Å². The molecule has 1 aromatic carbocycles. The lowest BCUT2D eigenvalue weighted by molar-refractivity contribution is 0.0636. The summed E-state index contributed by atoms with van der Waals surface area (Å²) in [4.78, 5) is 23.8. The molecule has 0 aliphatic carbocycles. The van der Waals surface area contributed by atoms with Crippen LogP contribution in [0.1, 0.15) is 47.3 Å². The Balaban J connectivity index is 1.89. The highest BCUT2D eigenvalue weighted by Crippen LogP contribution is 2.24. The van der Waals surface area contributed by atoms with Gasteiger partial charge in [-0.2, -0.15) is 0 Å². The predicted molar refractivity (Wildman–Crippen MR) is 104 cm³/mol. The van der Waals surface area contributed by atoms with Gasteiger partial charge in [-0.1, -0.05) is 25.9 Å². The van der Waals surface area contributed by atoms with E-state index >= 15 is 0 Å². The van der Waals surface area contributed by atoms with Crippen molar-refractivity contribution in [2.75, 3.05) is 16.0 Å². The van der Waals surface area contributed by atoms with Crippen LogP contribution in [0.25, 0.3) is 0 Å². The van der Waals surface area contributed by atoms with Gasteiger partial charge >= 0.3 is 12.1 Å². The lowest BCUT2D eigenvalue weighted by atomic mass is 9.93. The minimum atomic E-state index is -0.572. The molecule has 2 rings (SSSR count). The molecule has 0 radical (unpaired) electrons. The number of rotatable bonds is 3. The summed E-state index contributed by atoms with van der Waals surface area (Å²) < 4.78 is 10.4. The molecule has 0 aliphatic rings. The SMILES string of the molecule is CC(C)(C)OC(=O)Nc1ccc(NC(=O)Nc2cc(C(C)(C)C)on2)cc1. The van der Waals surface area contributed by atoms with Crippen LogP contribution in [0.4, 0.5) is 26.8 Å². The van der Waals surface area contributed by atoms with Crippen LogP contribution in [0.3, 0.4) is 0 Å². The molecule has 3 amide bonds. The standard InChI is InChI=1S/C19H26N4O4/c1-18(2,3)14-11-15(23-27-14)22-16(24)20-12-7-9-13(10-8-12)21-17(25)26-19(4,5)6/h7-11H,1-6H3,(H,21,25)(H2,20,22,23,24). The van der Waals surface area contributed by atoms with E-state index < -0.39 is 17.7 Å². The predicted octanol–water partition coefficient (Wildman–Crippen LogP) is 4.96. The number of benzene rings is 1. The Hall–Kier alpha value is -3.03. The van der Waals surface area contributed by atoms with E-state index in [9.17, 15) is 9.59 Å². The number of nitrogens with one attached hydrogen (secondary N) is 3. The number of carbonyl (C=O) groups excluding carboxylic acids is 2. The molecule has 1 heterocycles. The third-order valence-corrected chi connectivity index (χ3v) is 3.28. The van der Waals surface area contributed by atoms with Crippen LogP contribution in [-0.4, -0.2) is 22.9 Å². The fourth-order valence-electron chi connectivity index (χ4n) is 2.02. The molecule has 2 aromatic rings. The van der Waals surface area contributed by atoms with Crippen molar-refractivity contribution in [2.45, 2.75) is 52.6 Å². The molecule has 3 N–H and O–H groups in total. The minimum absolute atomic E-state index is 0.194. The van der Waals surface area contributed by atoms with Crippen molar-refractivity contribution in [2.24, 2.45) is 0 Å². The fourth-order valence-corrected chi connectivity index (χ4v) is 2.02. The van der Waals surface area contributed by atoms with Crippen LogP contribution >= 0.6 is 0 Å². The number of aromatic nitrogens is 1. The molecular formula is C19H26N4O4. The first-order valence-electron chi connectivity index (χ1n) is 8.58. The Morgan fingerprint density at radius 2 is 1.48 bits per heavy atom. The summed E-state index contributed by atoms with van der Waals surface area (Å²) in [7, 11) is 0. The zero-order chi connectivity index (χ0) is 20.2. The van der Waals surface area contributed by atoms with Crippen LogP contribution in [0.5, 0.6) is 0 Å². The summed E-state index contributed by atoms with van der Waals surface area (Å²) in [5.41, 5.74) is 0.348. The van der Waals surface area contributed by atoms with Crippen LogP contribution in [-0.2, 0) is 10.2 Å². The molecule has 0 atom stereocenters. The van der Waals surface area contributed by atoms with Gasteiger partial charge in [0, 0.05) is 22.9 Å². The average Bonchev–Trinajstić information content (AvgIpc) is 2.95. The Bertz CT molecular complexity index is 798. The van der Waals surface area contributed by atoms with Gasteiger partial charge in [0.1, 0.15) is 11.4 Å². The molecule has 0 spiro atoms. The van der Waals surface area contributed by atoms with Crippen molar-refractivity contribution in [3.05, 3.63) is 36.1 Å². The van der Waals surface area contributed by atoms with Gasteiger partial charge in [0.15, 0.2) is 5.82 Å². The number of amides is 3. The zero-order valence-corrected chi connectivity index (χ0v) is 16.5. The number of hydrogen-bond acceptors (Lipinski definition) is 5. The summed E-state index contributed by atoms with van der Waals surface area (Å²) in [5, 5.41) is 11.7. The van der Waals surface area contributed by atoms with E-state index in [1.165, 1.54) is 0 Å². The van der Waals surface area contributed by atoms with Crippen molar-refractivity contribution in [3.63, 3.8) is 0 Å². The number of carbonyl (C=O) groups is 2. The minimum Gasteiger partial charge on any atom is -0.444 e.